The number of hydrogen-bond acceptors (Lipinski definition) is 2. The third-order valence-electron chi connectivity index (χ3n) is 4.35. The molecule has 3 atom stereocenters. The minimum atomic E-state index is 0.760. The van der Waals surface area contributed by atoms with Gasteiger partial charge in [0.1, 0.15) is 0 Å². The molecule has 2 nitrogen and oxygen atoms in total. The quantitative estimate of drug-likeness (QED) is 0.793. The fraction of sp³-hybridized carbons (Fsp3) is 1.00. The highest BCUT2D eigenvalue weighted by Gasteiger charge is 2.28. The molecule has 0 aromatic heterocycles. The van der Waals surface area contributed by atoms with E-state index < -0.39 is 0 Å². The van der Waals surface area contributed by atoms with Gasteiger partial charge in [-0.1, -0.05) is 33.1 Å². The van der Waals surface area contributed by atoms with Crippen molar-refractivity contribution in [2.75, 3.05) is 19.6 Å². The van der Waals surface area contributed by atoms with Crippen molar-refractivity contribution in [2.24, 2.45) is 5.92 Å². The topological polar surface area (TPSA) is 15.3 Å². The van der Waals surface area contributed by atoms with Gasteiger partial charge in [0.25, 0.3) is 0 Å². The van der Waals surface area contributed by atoms with E-state index in [4.69, 9.17) is 0 Å². The number of piperazine rings is 1. The Hall–Kier alpha value is -0.0800. The molecule has 2 fully saturated rings. The van der Waals surface area contributed by atoms with E-state index in [2.05, 4.69) is 24.1 Å². The lowest BCUT2D eigenvalue weighted by molar-refractivity contribution is 0.0978. The predicted octanol–water partition coefficient (Wildman–Crippen LogP) is 2.64. The molecule has 1 saturated heterocycles. The van der Waals surface area contributed by atoms with Crippen molar-refractivity contribution < 1.29 is 0 Å². The van der Waals surface area contributed by atoms with Crippen LogP contribution in [0.1, 0.15) is 52.4 Å². The molecule has 2 heteroatoms. The third-order valence-corrected chi connectivity index (χ3v) is 4.35. The molecule has 0 aromatic carbocycles. The molecule has 2 rings (SSSR count). The van der Waals surface area contributed by atoms with Crippen LogP contribution in [0, 0.1) is 5.92 Å². The second kappa shape index (κ2) is 6.02. The second-order valence-corrected chi connectivity index (χ2v) is 5.86. The summed E-state index contributed by atoms with van der Waals surface area (Å²) >= 11 is 0. The molecule has 0 aromatic rings. The third kappa shape index (κ3) is 3.21. The fourth-order valence-corrected chi connectivity index (χ4v) is 3.46. The molecule has 1 N–H and O–H groups in total. The number of nitrogens with zero attached hydrogens (tertiary/aromatic N) is 1. The normalized spacial score (nSPS) is 37.5. The molecule has 0 amide bonds. The fourth-order valence-electron chi connectivity index (χ4n) is 3.46. The van der Waals surface area contributed by atoms with Crippen LogP contribution >= 0.6 is 0 Å². The molecule has 16 heavy (non-hydrogen) atoms. The van der Waals surface area contributed by atoms with Crippen LogP contribution in [0.15, 0.2) is 0 Å². The molecule has 1 saturated carbocycles. The second-order valence-electron chi connectivity index (χ2n) is 5.86. The molecule has 1 aliphatic carbocycles. The van der Waals surface area contributed by atoms with Crippen LogP contribution < -0.4 is 5.32 Å². The van der Waals surface area contributed by atoms with E-state index in [9.17, 15) is 0 Å². The molecule has 0 radical (unpaired) electrons. The molecule has 2 aliphatic rings. The van der Waals surface area contributed by atoms with Crippen LogP contribution in [0.3, 0.4) is 0 Å². The number of nitrogens with one attached hydrogen (secondary N) is 1. The highest BCUT2D eigenvalue weighted by Crippen LogP contribution is 2.28. The molecule has 0 bridgehead atoms. The van der Waals surface area contributed by atoms with E-state index in [1.807, 2.05) is 0 Å². The van der Waals surface area contributed by atoms with Gasteiger partial charge in [-0.15, -0.1) is 0 Å². The molecular weight excluding hydrogens is 196 g/mol. The zero-order chi connectivity index (χ0) is 11.4. The summed E-state index contributed by atoms with van der Waals surface area (Å²) in [5, 5.41) is 3.66. The summed E-state index contributed by atoms with van der Waals surface area (Å²) in [6, 6.07) is 1.65. The first kappa shape index (κ1) is 12.4. The van der Waals surface area contributed by atoms with Gasteiger partial charge in [0, 0.05) is 31.7 Å². The average molecular weight is 224 g/mol. The van der Waals surface area contributed by atoms with E-state index in [0.717, 1.165) is 18.0 Å². The van der Waals surface area contributed by atoms with E-state index in [1.165, 1.54) is 58.2 Å². The molecule has 1 aliphatic heterocycles. The Bertz CT molecular complexity index is 203. The van der Waals surface area contributed by atoms with Gasteiger partial charge < -0.3 is 5.32 Å². The van der Waals surface area contributed by atoms with E-state index in [1.54, 1.807) is 0 Å². The standard InChI is InChI=1S/C14H28N2/c1-3-5-13-11-16(9-8-15-13)14-7-4-6-12(2)10-14/h12-15H,3-11H2,1-2H3. The van der Waals surface area contributed by atoms with Gasteiger partial charge >= 0.3 is 0 Å². The van der Waals surface area contributed by atoms with Crippen molar-refractivity contribution >= 4 is 0 Å². The van der Waals surface area contributed by atoms with Crippen LogP contribution in [-0.4, -0.2) is 36.6 Å². The highest BCUT2D eigenvalue weighted by atomic mass is 15.2. The Kier molecular flexibility index (Phi) is 4.66. The highest BCUT2D eigenvalue weighted by molar-refractivity contribution is 4.85. The smallest absolute Gasteiger partial charge is 0.0195 e. The zero-order valence-corrected chi connectivity index (χ0v) is 11.0. The van der Waals surface area contributed by atoms with Crippen LogP contribution in [0.25, 0.3) is 0 Å². The van der Waals surface area contributed by atoms with Crippen LogP contribution in [-0.2, 0) is 0 Å². The Morgan fingerprint density at radius 2 is 2.19 bits per heavy atom. The summed E-state index contributed by atoms with van der Waals surface area (Å²) in [6.07, 6.45) is 8.46. The van der Waals surface area contributed by atoms with Crippen molar-refractivity contribution in [1.82, 2.24) is 10.2 Å². The van der Waals surface area contributed by atoms with E-state index >= 15 is 0 Å². The van der Waals surface area contributed by atoms with Crippen LogP contribution in [0.5, 0.6) is 0 Å². The van der Waals surface area contributed by atoms with Crippen LogP contribution in [0.4, 0.5) is 0 Å². The summed E-state index contributed by atoms with van der Waals surface area (Å²) in [7, 11) is 0. The summed E-state index contributed by atoms with van der Waals surface area (Å²) in [4.78, 5) is 2.77. The predicted molar refractivity (Wildman–Crippen MR) is 69.7 cm³/mol. The Morgan fingerprint density at radius 1 is 1.31 bits per heavy atom. The van der Waals surface area contributed by atoms with Gasteiger partial charge in [-0.25, -0.2) is 0 Å². The summed E-state index contributed by atoms with van der Waals surface area (Å²) in [6.45, 7) is 8.50. The maximum atomic E-state index is 3.66. The van der Waals surface area contributed by atoms with Gasteiger partial charge in [0.2, 0.25) is 0 Å². The molecule has 0 spiro atoms. The van der Waals surface area contributed by atoms with Crippen molar-refractivity contribution in [1.29, 1.82) is 0 Å². The average Bonchev–Trinajstić information content (AvgIpc) is 2.30. The molecule has 94 valence electrons. The van der Waals surface area contributed by atoms with Crippen molar-refractivity contribution in [2.45, 2.75) is 64.5 Å². The van der Waals surface area contributed by atoms with Gasteiger partial charge in [-0.2, -0.15) is 0 Å². The van der Waals surface area contributed by atoms with Crippen molar-refractivity contribution in [3.63, 3.8) is 0 Å². The van der Waals surface area contributed by atoms with Gasteiger partial charge in [-0.05, 0) is 25.2 Å². The van der Waals surface area contributed by atoms with E-state index in [0.29, 0.717) is 0 Å². The first-order chi connectivity index (χ1) is 7.79. The maximum absolute atomic E-state index is 3.66. The zero-order valence-electron chi connectivity index (χ0n) is 11.0. The van der Waals surface area contributed by atoms with Crippen LogP contribution in [0.2, 0.25) is 0 Å². The molecular formula is C14H28N2. The van der Waals surface area contributed by atoms with Gasteiger partial charge in [0.15, 0.2) is 0 Å². The van der Waals surface area contributed by atoms with Gasteiger partial charge in [-0.3, -0.25) is 4.90 Å². The maximum Gasteiger partial charge on any atom is 0.0195 e. The van der Waals surface area contributed by atoms with Crippen molar-refractivity contribution in [3.8, 4) is 0 Å². The molecule has 1 heterocycles. The Morgan fingerprint density at radius 3 is 2.94 bits per heavy atom. The van der Waals surface area contributed by atoms with Gasteiger partial charge in [0.05, 0.1) is 0 Å². The lowest BCUT2D eigenvalue weighted by Gasteiger charge is -2.41. The minimum Gasteiger partial charge on any atom is -0.311 e. The minimum absolute atomic E-state index is 0.760. The summed E-state index contributed by atoms with van der Waals surface area (Å²) in [5.74, 6) is 0.957. The number of rotatable bonds is 3. The Balaban J connectivity index is 1.83. The molecule has 3 unspecified atom stereocenters. The van der Waals surface area contributed by atoms with E-state index in [-0.39, 0.29) is 0 Å². The summed E-state index contributed by atoms with van der Waals surface area (Å²) in [5.41, 5.74) is 0. The SMILES string of the molecule is CCCC1CN(C2CCCC(C)C2)CCN1. The lowest BCUT2D eigenvalue weighted by Crippen LogP contribution is -2.54. The Labute approximate surface area is 101 Å². The number of hydrogen-bond donors (Lipinski definition) is 1. The first-order valence-electron chi connectivity index (χ1n) is 7.27. The first-order valence-corrected chi connectivity index (χ1v) is 7.27. The lowest BCUT2D eigenvalue weighted by atomic mass is 9.85. The monoisotopic (exact) mass is 224 g/mol. The summed E-state index contributed by atoms with van der Waals surface area (Å²) < 4.78 is 0. The largest absolute Gasteiger partial charge is 0.311 e. The van der Waals surface area contributed by atoms with Crippen molar-refractivity contribution in [3.05, 3.63) is 0 Å².